The van der Waals surface area contributed by atoms with Crippen LogP contribution in [0.2, 0.25) is 0 Å². The summed E-state index contributed by atoms with van der Waals surface area (Å²) in [7, 11) is 1.63. The number of ether oxygens (including phenoxy) is 3. The zero-order valence-corrected chi connectivity index (χ0v) is 20.4. The van der Waals surface area contributed by atoms with Crippen molar-refractivity contribution in [2.45, 2.75) is 51.0 Å². The Hall–Kier alpha value is -2.78. The fourth-order valence-corrected chi connectivity index (χ4v) is 5.73. The average Bonchev–Trinajstić information content (AvgIpc) is 3.48. The smallest absolute Gasteiger partial charge is 0.407 e. The monoisotopic (exact) mass is 487 g/mol. The summed E-state index contributed by atoms with van der Waals surface area (Å²) in [6, 6.07) is 7.73. The number of nitrogens with one attached hydrogen (secondary N) is 2. The van der Waals surface area contributed by atoms with Gasteiger partial charge in [-0.1, -0.05) is 12.1 Å². The van der Waals surface area contributed by atoms with E-state index in [0.29, 0.717) is 31.7 Å². The number of nitrogens with two attached hydrogens (primary N) is 1. The average molecular weight is 488 g/mol. The maximum atomic E-state index is 12.5. The highest BCUT2D eigenvalue weighted by molar-refractivity contribution is 7.17. The van der Waals surface area contributed by atoms with Crippen LogP contribution < -0.4 is 21.1 Å². The number of hydrogen-bond donors (Lipinski definition) is 3. The van der Waals surface area contributed by atoms with Crippen molar-refractivity contribution in [1.82, 2.24) is 5.32 Å². The summed E-state index contributed by atoms with van der Waals surface area (Å²) in [5.74, 6) is 0.971. The third-order valence-electron chi connectivity index (χ3n) is 6.38. The summed E-state index contributed by atoms with van der Waals surface area (Å²) in [5, 5.41) is 6.50. The van der Waals surface area contributed by atoms with Crippen LogP contribution in [0, 0.1) is 5.92 Å². The summed E-state index contributed by atoms with van der Waals surface area (Å²) < 4.78 is 16.2. The number of thiophene rings is 1. The number of alkyl carbamates (subject to hydrolysis) is 1. The van der Waals surface area contributed by atoms with E-state index < -0.39 is 6.09 Å². The topological polar surface area (TPSA) is 112 Å². The van der Waals surface area contributed by atoms with Crippen molar-refractivity contribution in [3.63, 3.8) is 0 Å². The van der Waals surface area contributed by atoms with Crippen LogP contribution in [-0.4, -0.2) is 45.0 Å². The Morgan fingerprint density at radius 3 is 2.97 bits per heavy atom. The zero-order chi connectivity index (χ0) is 23.9. The Kier molecular flexibility index (Phi) is 8.29. The predicted octanol–water partition coefficient (Wildman–Crippen LogP) is 3.92. The van der Waals surface area contributed by atoms with E-state index >= 15 is 0 Å². The van der Waals surface area contributed by atoms with Crippen molar-refractivity contribution in [1.29, 1.82) is 0 Å². The molecule has 4 rings (SSSR count). The minimum atomic E-state index is -0.393. The molecule has 0 bridgehead atoms. The molecule has 4 N–H and O–H groups in total. The lowest BCUT2D eigenvalue weighted by atomic mass is 9.89. The number of benzene rings is 1. The maximum absolute atomic E-state index is 12.5. The van der Waals surface area contributed by atoms with E-state index in [1.807, 2.05) is 24.3 Å². The molecule has 0 radical (unpaired) electrons. The molecule has 2 atom stereocenters. The first-order chi connectivity index (χ1) is 16.5. The number of carbonyl (C=O) groups is 2. The standard InChI is InChI=1S/C25H33N3O5S/c1-31-18-5-2-4-16(12-18)8-10-22(29)28-24-23(26)20-9-7-17(13-21(20)34-24)15-33-25(30)27-14-19-6-3-11-32-19/h2,4-5,12,17,19H,3,6-11,13-15,26H2,1H3,(H,27,30)(H,28,29). The molecular formula is C25H33N3O5S. The largest absolute Gasteiger partial charge is 0.497 e. The molecule has 2 heterocycles. The summed E-state index contributed by atoms with van der Waals surface area (Å²) in [6.45, 7) is 1.63. The molecule has 2 aromatic rings. The number of amides is 2. The van der Waals surface area contributed by atoms with Crippen LogP contribution in [0.25, 0.3) is 0 Å². The quantitative estimate of drug-likeness (QED) is 0.494. The van der Waals surface area contributed by atoms with Gasteiger partial charge in [0.15, 0.2) is 0 Å². The molecule has 1 aromatic heterocycles. The van der Waals surface area contributed by atoms with Crippen molar-refractivity contribution >= 4 is 34.0 Å². The molecule has 1 aliphatic carbocycles. The molecule has 1 aromatic carbocycles. The number of carbonyl (C=O) groups excluding carboxylic acids is 2. The molecule has 2 unspecified atom stereocenters. The maximum Gasteiger partial charge on any atom is 0.407 e. The molecule has 1 aliphatic heterocycles. The molecule has 8 nitrogen and oxygen atoms in total. The second-order valence-corrected chi connectivity index (χ2v) is 9.97. The molecule has 184 valence electrons. The van der Waals surface area contributed by atoms with E-state index in [2.05, 4.69) is 10.6 Å². The lowest BCUT2D eigenvalue weighted by Gasteiger charge is -2.22. The Morgan fingerprint density at radius 2 is 2.18 bits per heavy atom. The van der Waals surface area contributed by atoms with Crippen LogP contribution in [0.5, 0.6) is 5.75 Å². The molecule has 0 saturated carbocycles. The Bertz CT molecular complexity index is 1000. The van der Waals surface area contributed by atoms with E-state index in [-0.39, 0.29) is 17.9 Å². The number of methoxy groups -OCH3 is 1. The first kappa shape index (κ1) is 24.3. The number of fused-ring (bicyclic) bond motifs is 1. The Balaban J connectivity index is 1.23. The summed E-state index contributed by atoms with van der Waals surface area (Å²) in [4.78, 5) is 25.7. The van der Waals surface area contributed by atoms with Gasteiger partial charge < -0.3 is 30.6 Å². The van der Waals surface area contributed by atoms with E-state index in [1.54, 1.807) is 7.11 Å². The first-order valence-corrected chi connectivity index (χ1v) is 12.7. The predicted molar refractivity (Wildman–Crippen MR) is 133 cm³/mol. The molecule has 2 aliphatic rings. The van der Waals surface area contributed by atoms with Crippen LogP contribution in [-0.2, 0) is 33.5 Å². The van der Waals surface area contributed by atoms with Gasteiger partial charge in [-0.05, 0) is 67.7 Å². The molecule has 0 spiro atoms. The molecular weight excluding hydrogens is 454 g/mol. The van der Waals surface area contributed by atoms with Gasteiger partial charge in [-0.15, -0.1) is 11.3 Å². The normalized spacial score (nSPS) is 19.3. The molecule has 2 amide bonds. The van der Waals surface area contributed by atoms with Crippen molar-refractivity contribution in [3.8, 4) is 5.75 Å². The van der Waals surface area contributed by atoms with E-state index in [4.69, 9.17) is 19.9 Å². The van der Waals surface area contributed by atoms with Crippen LogP contribution >= 0.6 is 11.3 Å². The van der Waals surface area contributed by atoms with Crippen molar-refractivity contribution in [2.75, 3.05) is 37.9 Å². The summed E-state index contributed by atoms with van der Waals surface area (Å²) in [6.07, 6.45) is 5.24. The zero-order valence-electron chi connectivity index (χ0n) is 19.6. The fourth-order valence-electron chi connectivity index (χ4n) is 4.44. The lowest BCUT2D eigenvalue weighted by Crippen LogP contribution is -2.33. The van der Waals surface area contributed by atoms with Crippen molar-refractivity contribution in [2.24, 2.45) is 5.92 Å². The third kappa shape index (κ3) is 6.42. The molecule has 9 heteroatoms. The van der Waals surface area contributed by atoms with Gasteiger partial charge >= 0.3 is 6.09 Å². The number of anilines is 2. The number of aryl methyl sites for hydroxylation is 1. The fraction of sp³-hybridized carbons (Fsp3) is 0.520. The van der Waals surface area contributed by atoms with Gasteiger partial charge in [-0.25, -0.2) is 4.79 Å². The second kappa shape index (κ2) is 11.6. The first-order valence-electron chi connectivity index (χ1n) is 11.9. The SMILES string of the molecule is COc1cccc(CCC(=O)Nc2sc3c(c2N)CCC(COC(=O)NCC2CCCO2)C3)c1. The highest BCUT2D eigenvalue weighted by Crippen LogP contribution is 2.41. The number of hydrogen-bond acceptors (Lipinski definition) is 7. The summed E-state index contributed by atoms with van der Waals surface area (Å²) >= 11 is 1.53. The van der Waals surface area contributed by atoms with Crippen LogP contribution in [0.4, 0.5) is 15.5 Å². The van der Waals surface area contributed by atoms with Crippen molar-refractivity contribution < 1.29 is 23.8 Å². The van der Waals surface area contributed by atoms with Gasteiger partial charge in [0, 0.05) is 24.4 Å². The third-order valence-corrected chi connectivity index (χ3v) is 7.57. The lowest BCUT2D eigenvalue weighted by molar-refractivity contribution is -0.116. The van der Waals surface area contributed by atoms with Gasteiger partial charge in [-0.2, -0.15) is 0 Å². The van der Waals surface area contributed by atoms with Crippen LogP contribution in [0.3, 0.4) is 0 Å². The molecule has 1 saturated heterocycles. The minimum Gasteiger partial charge on any atom is -0.497 e. The van der Waals surface area contributed by atoms with E-state index in [1.165, 1.54) is 16.2 Å². The highest BCUT2D eigenvalue weighted by Gasteiger charge is 2.26. The minimum absolute atomic E-state index is 0.0593. The number of rotatable bonds is 9. The summed E-state index contributed by atoms with van der Waals surface area (Å²) in [5.41, 5.74) is 9.20. The Labute approximate surface area is 204 Å². The van der Waals surface area contributed by atoms with Crippen molar-refractivity contribution in [3.05, 3.63) is 40.3 Å². The van der Waals surface area contributed by atoms with Gasteiger partial charge in [0.05, 0.1) is 25.5 Å². The Morgan fingerprint density at radius 1 is 1.29 bits per heavy atom. The van der Waals surface area contributed by atoms with E-state index in [9.17, 15) is 9.59 Å². The van der Waals surface area contributed by atoms with Gasteiger partial charge in [0.2, 0.25) is 5.91 Å². The number of nitrogen functional groups attached to an aromatic ring is 1. The van der Waals surface area contributed by atoms with E-state index in [0.717, 1.165) is 60.6 Å². The van der Waals surface area contributed by atoms with Crippen LogP contribution in [0.15, 0.2) is 24.3 Å². The van der Waals surface area contributed by atoms with Gasteiger partial charge in [0.25, 0.3) is 0 Å². The van der Waals surface area contributed by atoms with Crippen LogP contribution in [0.1, 0.15) is 41.7 Å². The molecule has 34 heavy (non-hydrogen) atoms. The molecule has 1 fully saturated rings. The van der Waals surface area contributed by atoms with Gasteiger partial charge in [0.1, 0.15) is 10.8 Å². The van der Waals surface area contributed by atoms with Gasteiger partial charge in [-0.3, -0.25) is 4.79 Å². The highest BCUT2D eigenvalue weighted by atomic mass is 32.1. The second-order valence-electron chi connectivity index (χ2n) is 8.87.